The van der Waals surface area contributed by atoms with Crippen LogP contribution in [0.1, 0.15) is 46.5 Å². The lowest BCUT2D eigenvalue weighted by atomic mass is 9.67. The SMILES string of the molecule is CN(C)CCn1c(=O)oc2ccc(NC(=O)CN3C(=O)NC4(CCC(C(C)(C)C)CC4)C3=O)cc21. The maximum absolute atomic E-state index is 13.2. The number of hydrogen-bond acceptors (Lipinski definition) is 6. The number of rotatable bonds is 6. The van der Waals surface area contributed by atoms with E-state index in [1.54, 1.807) is 18.2 Å². The molecule has 1 aliphatic carbocycles. The Hall–Kier alpha value is -3.14. The molecule has 0 bridgehead atoms. The van der Waals surface area contributed by atoms with E-state index in [0.717, 1.165) is 17.7 Å². The van der Waals surface area contributed by atoms with E-state index in [1.165, 1.54) is 4.57 Å². The Bertz CT molecular complexity index is 1200. The Morgan fingerprint density at radius 1 is 1.20 bits per heavy atom. The molecule has 1 aromatic carbocycles. The summed E-state index contributed by atoms with van der Waals surface area (Å²) in [5.41, 5.74) is 0.694. The Balaban J connectivity index is 1.43. The summed E-state index contributed by atoms with van der Waals surface area (Å²) < 4.78 is 6.80. The first-order valence-corrected chi connectivity index (χ1v) is 12.1. The zero-order valence-electron chi connectivity index (χ0n) is 21.1. The molecule has 4 amide bonds. The number of oxazole rings is 1. The maximum atomic E-state index is 13.2. The van der Waals surface area contributed by atoms with Crippen LogP contribution in [0, 0.1) is 11.3 Å². The van der Waals surface area contributed by atoms with Crippen LogP contribution in [0.3, 0.4) is 0 Å². The van der Waals surface area contributed by atoms with E-state index in [1.807, 2.05) is 19.0 Å². The lowest BCUT2D eigenvalue weighted by molar-refractivity contribution is -0.135. The van der Waals surface area contributed by atoms with Gasteiger partial charge in [-0.25, -0.2) is 9.59 Å². The number of amides is 4. The van der Waals surface area contributed by atoms with E-state index in [-0.39, 0.29) is 17.9 Å². The summed E-state index contributed by atoms with van der Waals surface area (Å²) in [6.45, 7) is 7.32. The van der Waals surface area contributed by atoms with Crippen LogP contribution in [0.2, 0.25) is 0 Å². The number of likely N-dealkylation sites (N-methyl/N-ethyl adjacent to an activating group) is 1. The summed E-state index contributed by atoms with van der Waals surface area (Å²) in [5, 5.41) is 5.61. The normalized spacial score (nSPS) is 22.9. The molecule has 2 heterocycles. The molecule has 1 aliphatic heterocycles. The van der Waals surface area contributed by atoms with Crippen molar-refractivity contribution in [3.63, 3.8) is 0 Å². The van der Waals surface area contributed by atoms with Crippen LogP contribution in [0.4, 0.5) is 10.5 Å². The number of urea groups is 1. The smallest absolute Gasteiger partial charge is 0.408 e. The van der Waals surface area contributed by atoms with Crippen molar-refractivity contribution in [2.75, 3.05) is 32.5 Å². The van der Waals surface area contributed by atoms with E-state index < -0.39 is 23.2 Å². The Labute approximate surface area is 204 Å². The molecule has 4 rings (SSSR count). The first kappa shape index (κ1) is 25.0. The van der Waals surface area contributed by atoms with Crippen molar-refractivity contribution in [3.8, 4) is 0 Å². The Kier molecular flexibility index (Phi) is 6.52. The van der Waals surface area contributed by atoms with Gasteiger partial charge in [-0.05, 0) is 69.3 Å². The lowest BCUT2D eigenvalue weighted by Gasteiger charge is -2.40. The highest BCUT2D eigenvalue weighted by molar-refractivity contribution is 6.10. The predicted molar refractivity (Wildman–Crippen MR) is 132 cm³/mol. The summed E-state index contributed by atoms with van der Waals surface area (Å²) in [6.07, 6.45) is 2.88. The van der Waals surface area contributed by atoms with Gasteiger partial charge in [-0.15, -0.1) is 0 Å². The second-order valence-corrected chi connectivity index (χ2v) is 11.1. The van der Waals surface area contributed by atoms with Gasteiger partial charge >= 0.3 is 11.8 Å². The fourth-order valence-electron chi connectivity index (χ4n) is 5.13. The molecule has 35 heavy (non-hydrogen) atoms. The highest BCUT2D eigenvalue weighted by atomic mass is 16.4. The highest BCUT2D eigenvalue weighted by Crippen LogP contribution is 2.43. The third-order valence-corrected chi connectivity index (χ3v) is 7.33. The van der Waals surface area contributed by atoms with Gasteiger partial charge in [0.2, 0.25) is 5.91 Å². The quantitative estimate of drug-likeness (QED) is 0.608. The number of nitrogens with one attached hydrogen (secondary N) is 2. The Morgan fingerprint density at radius 3 is 2.51 bits per heavy atom. The number of nitrogens with zero attached hydrogens (tertiary/aromatic N) is 3. The van der Waals surface area contributed by atoms with Crippen molar-refractivity contribution in [1.82, 2.24) is 19.7 Å². The van der Waals surface area contributed by atoms with Gasteiger partial charge in [-0.2, -0.15) is 0 Å². The summed E-state index contributed by atoms with van der Waals surface area (Å²) in [6, 6.07) is 4.38. The standard InChI is InChI=1S/C25H35N5O5/c1-24(2,3)16-8-10-25(11-9-16)21(32)30(22(33)27-25)15-20(31)26-17-6-7-19-18(14-17)29(23(34)35-19)13-12-28(4)5/h6-7,14,16H,8-13,15H2,1-5H3,(H,26,31)(H,27,33). The van der Waals surface area contributed by atoms with E-state index in [4.69, 9.17) is 4.42 Å². The molecule has 2 aliphatic rings. The molecular formula is C25H35N5O5. The van der Waals surface area contributed by atoms with Gasteiger partial charge in [-0.3, -0.25) is 19.1 Å². The molecule has 2 fully saturated rings. The fourth-order valence-corrected chi connectivity index (χ4v) is 5.13. The van der Waals surface area contributed by atoms with E-state index >= 15 is 0 Å². The van der Waals surface area contributed by atoms with Crippen LogP contribution in [0.25, 0.3) is 11.1 Å². The number of aromatic nitrogens is 1. The van der Waals surface area contributed by atoms with Crippen LogP contribution >= 0.6 is 0 Å². The largest absolute Gasteiger partial charge is 0.419 e. The minimum Gasteiger partial charge on any atom is -0.408 e. The molecule has 190 valence electrons. The number of anilines is 1. The first-order valence-electron chi connectivity index (χ1n) is 12.1. The maximum Gasteiger partial charge on any atom is 0.419 e. The molecule has 0 atom stereocenters. The molecule has 1 saturated carbocycles. The molecule has 1 aromatic heterocycles. The van der Waals surface area contributed by atoms with Crippen molar-refractivity contribution in [3.05, 3.63) is 28.7 Å². The molecule has 2 N–H and O–H groups in total. The second kappa shape index (κ2) is 9.14. The van der Waals surface area contributed by atoms with E-state index in [2.05, 4.69) is 31.4 Å². The van der Waals surface area contributed by atoms with Crippen LogP contribution in [0.5, 0.6) is 0 Å². The van der Waals surface area contributed by atoms with Gasteiger partial charge in [0, 0.05) is 18.8 Å². The van der Waals surface area contributed by atoms with Gasteiger partial charge in [-0.1, -0.05) is 20.8 Å². The number of benzene rings is 1. The monoisotopic (exact) mass is 485 g/mol. The summed E-state index contributed by atoms with van der Waals surface area (Å²) >= 11 is 0. The third kappa shape index (κ3) is 4.98. The summed E-state index contributed by atoms with van der Waals surface area (Å²) in [4.78, 5) is 53.8. The molecule has 0 radical (unpaired) electrons. The van der Waals surface area contributed by atoms with Crippen molar-refractivity contribution in [2.24, 2.45) is 11.3 Å². The summed E-state index contributed by atoms with van der Waals surface area (Å²) in [7, 11) is 3.82. The first-order chi connectivity index (χ1) is 16.4. The third-order valence-electron chi connectivity index (χ3n) is 7.33. The van der Waals surface area contributed by atoms with Crippen LogP contribution in [-0.4, -0.2) is 64.9 Å². The van der Waals surface area contributed by atoms with Crippen LogP contribution < -0.4 is 16.4 Å². The van der Waals surface area contributed by atoms with Crippen molar-refractivity contribution < 1.29 is 18.8 Å². The molecule has 10 heteroatoms. The van der Waals surface area contributed by atoms with Gasteiger partial charge in [0.1, 0.15) is 12.1 Å². The number of fused-ring (bicyclic) bond motifs is 1. The van der Waals surface area contributed by atoms with Crippen molar-refractivity contribution in [2.45, 2.75) is 58.5 Å². The topological polar surface area (TPSA) is 117 Å². The van der Waals surface area contributed by atoms with Gasteiger partial charge in [0.15, 0.2) is 5.58 Å². The molecule has 2 aromatic rings. The van der Waals surface area contributed by atoms with E-state index in [9.17, 15) is 19.2 Å². The highest BCUT2D eigenvalue weighted by Gasteiger charge is 2.53. The lowest BCUT2D eigenvalue weighted by Crippen LogP contribution is -2.50. The number of carbonyl (C=O) groups excluding carboxylic acids is 3. The number of hydrogen-bond donors (Lipinski definition) is 2. The molecule has 1 spiro atoms. The number of imide groups is 1. The average Bonchev–Trinajstić information content (AvgIpc) is 3.19. The molecule has 1 saturated heterocycles. The van der Waals surface area contributed by atoms with Crippen molar-refractivity contribution >= 4 is 34.6 Å². The summed E-state index contributed by atoms with van der Waals surface area (Å²) in [5.74, 6) is -0.786. The van der Waals surface area contributed by atoms with Gasteiger partial charge in [0.05, 0.1) is 5.52 Å². The minimum atomic E-state index is -0.905. The number of carbonyl (C=O) groups is 3. The van der Waals surface area contributed by atoms with E-state index in [0.29, 0.717) is 48.6 Å². The fraction of sp³-hybridized carbons (Fsp3) is 0.600. The minimum absolute atomic E-state index is 0.153. The zero-order chi connectivity index (χ0) is 25.5. The predicted octanol–water partition coefficient (Wildman–Crippen LogP) is 2.62. The second-order valence-electron chi connectivity index (χ2n) is 11.1. The van der Waals surface area contributed by atoms with Crippen molar-refractivity contribution in [1.29, 1.82) is 0 Å². The molecule has 0 unspecified atom stereocenters. The van der Waals surface area contributed by atoms with Gasteiger partial charge in [0.25, 0.3) is 5.91 Å². The molecular weight excluding hydrogens is 450 g/mol. The zero-order valence-corrected chi connectivity index (χ0v) is 21.1. The van der Waals surface area contributed by atoms with Crippen LogP contribution in [-0.2, 0) is 16.1 Å². The van der Waals surface area contributed by atoms with Crippen LogP contribution in [0.15, 0.2) is 27.4 Å². The molecule has 10 nitrogen and oxygen atoms in total. The van der Waals surface area contributed by atoms with Gasteiger partial charge < -0.3 is 20.0 Å². The average molecular weight is 486 g/mol. The Morgan fingerprint density at radius 2 is 1.89 bits per heavy atom.